The van der Waals surface area contributed by atoms with E-state index >= 15 is 0 Å². The molecule has 1 fully saturated rings. The summed E-state index contributed by atoms with van der Waals surface area (Å²) in [6.07, 6.45) is 4.16. The third-order valence-corrected chi connectivity index (χ3v) is 5.14. The summed E-state index contributed by atoms with van der Waals surface area (Å²) < 4.78 is 3.15. The molecule has 142 valence electrons. The highest BCUT2D eigenvalue weighted by atomic mass is 127. The molecule has 0 aliphatic heterocycles. The molecule has 0 amide bonds. The summed E-state index contributed by atoms with van der Waals surface area (Å²) in [6.45, 7) is 7.24. The fraction of sp³-hybridized carbons (Fsp3) is 0.500. The summed E-state index contributed by atoms with van der Waals surface area (Å²) in [5, 5.41) is 14.9. The predicted molar refractivity (Wildman–Crippen MR) is 119 cm³/mol. The van der Waals surface area contributed by atoms with Gasteiger partial charge in [0.1, 0.15) is 12.9 Å². The second kappa shape index (κ2) is 9.68. The number of aromatic nitrogens is 3. The number of hydrogen-bond donors (Lipinski definition) is 2. The molecule has 6 nitrogen and oxygen atoms in total. The molecule has 1 aliphatic rings. The van der Waals surface area contributed by atoms with Gasteiger partial charge in [0.2, 0.25) is 0 Å². The molecule has 2 aromatic rings. The van der Waals surface area contributed by atoms with Gasteiger partial charge >= 0.3 is 0 Å². The summed E-state index contributed by atoms with van der Waals surface area (Å²) >= 11 is 3.58. The van der Waals surface area contributed by atoms with E-state index in [1.165, 1.54) is 18.4 Å². The van der Waals surface area contributed by atoms with E-state index in [0.29, 0.717) is 6.54 Å². The number of halogens is 2. The Kier molecular flexibility index (Phi) is 7.87. The highest BCUT2D eigenvalue weighted by molar-refractivity contribution is 14.0. The fourth-order valence-electron chi connectivity index (χ4n) is 2.95. The Labute approximate surface area is 180 Å². The van der Waals surface area contributed by atoms with Gasteiger partial charge in [-0.3, -0.25) is 0 Å². The average molecular weight is 533 g/mol. The van der Waals surface area contributed by atoms with Gasteiger partial charge in [-0.1, -0.05) is 28.1 Å². The maximum Gasteiger partial charge on any atom is 0.191 e. The van der Waals surface area contributed by atoms with Gasteiger partial charge in [-0.25, -0.2) is 4.99 Å². The van der Waals surface area contributed by atoms with E-state index in [2.05, 4.69) is 79.9 Å². The summed E-state index contributed by atoms with van der Waals surface area (Å²) in [4.78, 5) is 4.67. The zero-order valence-corrected chi connectivity index (χ0v) is 19.1. The lowest BCUT2D eigenvalue weighted by molar-refractivity contribution is 0.642. The quantitative estimate of drug-likeness (QED) is 0.325. The average Bonchev–Trinajstić information content (AvgIpc) is 3.27. The lowest BCUT2D eigenvalue weighted by atomic mass is 9.96. The van der Waals surface area contributed by atoms with E-state index in [9.17, 15) is 0 Å². The van der Waals surface area contributed by atoms with Crippen LogP contribution in [0.25, 0.3) is 0 Å². The van der Waals surface area contributed by atoms with Gasteiger partial charge in [-0.05, 0) is 44.4 Å². The maximum atomic E-state index is 4.67. The zero-order valence-electron chi connectivity index (χ0n) is 15.2. The predicted octanol–water partition coefficient (Wildman–Crippen LogP) is 3.47. The van der Waals surface area contributed by atoms with Gasteiger partial charge in [-0.15, -0.1) is 34.2 Å². The van der Waals surface area contributed by atoms with Crippen LogP contribution in [-0.2, 0) is 18.5 Å². The van der Waals surface area contributed by atoms with Gasteiger partial charge in [-0.2, -0.15) is 0 Å². The van der Waals surface area contributed by atoms with Crippen molar-refractivity contribution in [2.75, 3.05) is 13.1 Å². The monoisotopic (exact) mass is 532 g/mol. The molecule has 1 heterocycles. The Hall–Kier alpha value is -1.16. The minimum atomic E-state index is 0. The molecule has 1 aromatic heterocycles. The van der Waals surface area contributed by atoms with Gasteiger partial charge in [0, 0.05) is 29.5 Å². The number of nitrogens with zero attached hydrogens (tertiary/aromatic N) is 4. The van der Waals surface area contributed by atoms with Crippen LogP contribution in [0, 0.1) is 0 Å². The summed E-state index contributed by atoms with van der Waals surface area (Å²) in [7, 11) is 0. The normalized spacial score (nSPS) is 15.3. The molecular formula is C18H26BrIN6. The Bertz CT molecular complexity index is 741. The highest BCUT2D eigenvalue weighted by Gasteiger charge is 2.44. The molecule has 1 saturated carbocycles. The van der Waals surface area contributed by atoms with Crippen LogP contribution in [0.5, 0.6) is 0 Å². The molecule has 0 saturated heterocycles. The number of guanidine groups is 1. The molecule has 26 heavy (non-hydrogen) atoms. The van der Waals surface area contributed by atoms with Crippen molar-refractivity contribution in [3.05, 3.63) is 46.5 Å². The molecule has 0 spiro atoms. The van der Waals surface area contributed by atoms with E-state index in [0.717, 1.165) is 35.9 Å². The van der Waals surface area contributed by atoms with Gasteiger partial charge < -0.3 is 15.2 Å². The zero-order chi connectivity index (χ0) is 17.7. The summed E-state index contributed by atoms with van der Waals surface area (Å²) in [5.41, 5.74) is 1.61. The smallest absolute Gasteiger partial charge is 0.191 e. The number of aryl methyl sites for hydroxylation is 1. The SMILES string of the molecule is CCNC(=NCc1nncn1CC)NCC1(c2cccc(Br)c2)CC1.I. The Balaban J connectivity index is 0.00000243. The molecule has 0 bridgehead atoms. The van der Waals surface area contributed by atoms with Crippen LogP contribution in [0.3, 0.4) is 0 Å². The number of hydrogen-bond acceptors (Lipinski definition) is 3. The van der Waals surface area contributed by atoms with Gasteiger partial charge in [0.15, 0.2) is 11.8 Å². The van der Waals surface area contributed by atoms with Crippen molar-refractivity contribution in [2.24, 2.45) is 4.99 Å². The number of aliphatic imine (C=N–C) groups is 1. The largest absolute Gasteiger partial charge is 0.357 e. The van der Waals surface area contributed by atoms with Crippen molar-refractivity contribution in [1.82, 2.24) is 25.4 Å². The van der Waals surface area contributed by atoms with E-state index < -0.39 is 0 Å². The molecule has 1 aliphatic carbocycles. The molecule has 1 aromatic carbocycles. The van der Waals surface area contributed by atoms with Crippen molar-refractivity contribution >= 4 is 45.9 Å². The first kappa shape index (κ1) is 21.1. The first-order valence-corrected chi connectivity index (χ1v) is 9.61. The van der Waals surface area contributed by atoms with E-state index in [1.807, 2.05) is 4.57 Å². The van der Waals surface area contributed by atoms with E-state index in [4.69, 9.17) is 0 Å². The molecular weight excluding hydrogens is 507 g/mol. The van der Waals surface area contributed by atoms with Crippen LogP contribution in [-0.4, -0.2) is 33.8 Å². The number of nitrogens with one attached hydrogen (secondary N) is 2. The molecule has 0 atom stereocenters. The van der Waals surface area contributed by atoms with Crippen LogP contribution >= 0.6 is 39.9 Å². The fourth-order valence-corrected chi connectivity index (χ4v) is 3.35. The molecule has 2 N–H and O–H groups in total. The van der Waals surface area contributed by atoms with Gasteiger partial charge in [0.05, 0.1) is 0 Å². The van der Waals surface area contributed by atoms with Crippen LogP contribution in [0.2, 0.25) is 0 Å². The third kappa shape index (κ3) is 5.18. The minimum Gasteiger partial charge on any atom is -0.357 e. The molecule has 3 rings (SSSR count). The lowest BCUT2D eigenvalue weighted by Gasteiger charge is -2.19. The highest BCUT2D eigenvalue weighted by Crippen LogP contribution is 2.48. The second-order valence-corrected chi connectivity index (χ2v) is 7.29. The topological polar surface area (TPSA) is 67.1 Å². The van der Waals surface area contributed by atoms with Gasteiger partial charge in [0.25, 0.3) is 0 Å². The Morgan fingerprint density at radius 2 is 2.12 bits per heavy atom. The molecule has 0 radical (unpaired) electrons. The lowest BCUT2D eigenvalue weighted by Crippen LogP contribution is -2.41. The van der Waals surface area contributed by atoms with E-state index in [-0.39, 0.29) is 29.4 Å². The number of rotatable bonds is 7. The van der Waals surface area contributed by atoms with Crippen LogP contribution in [0.1, 0.15) is 38.1 Å². The van der Waals surface area contributed by atoms with Crippen LogP contribution < -0.4 is 10.6 Å². The van der Waals surface area contributed by atoms with Crippen molar-refractivity contribution in [1.29, 1.82) is 0 Å². The van der Waals surface area contributed by atoms with Crippen molar-refractivity contribution < 1.29 is 0 Å². The molecule has 8 heteroatoms. The molecule has 0 unspecified atom stereocenters. The maximum absolute atomic E-state index is 4.67. The van der Waals surface area contributed by atoms with E-state index in [1.54, 1.807) is 6.33 Å². The number of benzene rings is 1. The summed E-state index contributed by atoms with van der Waals surface area (Å²) in [5.74, 6) is 1.71. The Morgan fingerprint density at radius 3 is 2.77 bits per heavy atom. The van der Waals surface area contributed by atoms with Crippen LogP contribution in [0.15, 0.2) is 40.1 Å². The Morgan fingerprint density at radius 1 is 1.31 bits per heavy atom. The minimum absolute atomic E-state index is 0. The van der Waals surface area contributed by atoms with Crippen molar-refractivity contribution in [2.45, 2.75) is 45.2 Å². The third-order valence-electron chi connectivity index (χ3n) is 4.64. The first-order valence-electron chi connectivity index (χ1n) is 8.82. The standard InChI is InChI=1S/C18H25BrN6.HI/c1-3-20-17(21-11-16-24-23-13-25(16)4-2)22-12-18(8-9-18)14-6-5-7-15(19)10-14;/h5-7,10,13H,3-4,8-9,11-12H2,1-2H3,(H2,20,21,22);1H. The van der Waals surface area contributed by atoms with Crippen molar-refractivity contribution in [3.8, 4) is 0 Å². The van der Waals surface area contributed by atoms with Crippen molar-refractivity contribution in [3.63, 3.8) is 0 Å². The second-order valence-electron chi connectivity index (χ2n) is 6.37. The first-order chi connectivity index (χ1) is 12.2. The van der Waals surface area contributed by atoms with Crippen LogP contribution in [0.4, 0.5) is 0 Å². The summed E-state index contributed by atoms with van der Waals surface area (Å²) in [6, 6.07) is 8.62.